The standard InChI is InChI=1S/C27H26FNO6S/c1-18(30)34-25(19-8-10-21(28)11-9-19)17-16-24-26(20-6-4-3-5-7-20)29(27(24)31)22-12-14-23(15-13-22)35-36(2,32)33/h3-15,24-26H,16-17H2,1-2H3/t24-,25+,26-/m1/s1. The molecule has 7 nitrogen and oxygen atoms in total. The minimum Gasteiger partial charge on any atom is -0.458 e. The van der Waals surface area contributed by atoms with Gasteiger partial charge in [0.1, 0.15) is 17.7 Å². The largest absolute Gasteiger partial charge is 0.458 e. The van der Waals surface area contributed by atoms with Gasteiger partial charge in [0.15, 0.2) is 0 Å². The fourth-order valence-electron chi connectivity index (χ4n) is 4.49. The Morgan fingerprint density at radius 1 is 1.00 bits per heavy atom. The van der Waals surface area contributed by atoms with Gasteiger partial charge >= 0.3 is 16.1 Å². The van der Waals surface area contributed by atoms with E-state index in [-0.39, 0.29) is 29.4 Å². The smallest absolute Gasteiger partial charge is 0.306 e. The minimum absolute atomic E-state index is 0.0960. The second-order valence-electron chi connectivity index (χ2n) is 8.68. The predicted molar refractivity (Wildman–Crippen MR) is 132 cm³/mol. The molecule has 0 unspecified atom stereocenters. The Hall–Kier alpha value is -3.72. The highest BCUT2D eigenvalue weighted by molar-refractivity contribution is 7.86. The summed E-state index contributed by atoms with van der Waals surface area (Å²) < 4.78 is 46.6. The average molecular weight is 512 g/mol. The summed E-state index contributed by atoms with van der Waals surface area (Å²) in [6, 6.07) is 21.4. The van der Waals surface area contributed by atoms with Gasteiger partial charge in [-0.05, 0) is 60.4 Å². The van der Waals surface area contributed by atoms with Crippen molar-refractivity contribution in [2.45, 2.75) is 31.9 Å². The molecule has 0 N–H and O–H groups in total. The van der Waals surface area contributed by atoms with Gasteiger partial charge in [-0.15, -0.1) is 0 Å². The Balaban J connectivity index is 1.56. The van der Waals surface area contributed by atoms with Crippen LogP contribution in [0, 0.1) is 11.7 Å². The zero-order chi connectivity index (χ0) is 25.9. The Bertz CT molecular complexity index is 1330. The van der Waals surface area contributed by atoms with Crippen LogP contribution in [0.4, 0.5) is 10.1 Å². The lowest BCUT2D eigenvalue weighted by Crippen LogP contribution is -2.55. The number of nitrogens with zero attached hydrogens (tertiary/aromatic N) is 1. The van der Waals surface area contributed by atoms with Gasteiger partial charge in [0.05, 0.1) is 18.2 Å². The van der Waals surface area contributed by atoms with Crippen molar-refractivity contribution >= 4 is 27.7 Å². The molecule has 0 aromatic heterocycles. The van der Waals surface area contributed by atoms with Crippen molar-refractivity contribution in [3.63, 3.8) is 0 Å². The van der Waals surface area contributed by atoms with Gasteiger partial charge in [0.2, 0.25) is 5.91 Å². The molecule has 1 fully saturated rings. The third-order valence-corrected chi connectivity index (χ3v) is 6.50. The number of carbonyl (C=O) groups is 2. The fraction of sp³-hybridized carbons (Fsp3) is 0.259. The number of halogens is 1. The lowest BCUT2D eigenvalue weighted by atomic mass is 9.78. The van der Waals surface area contributed by atoms with Gasteiger partial charge in [-0.2, -0.15) is 8.42 Å². The molecule has 0 saturated carbocycles. The quantitative estimate of drug-likeness (QED) is 0.229. The van der Waals surface area contributed by atoms with Crippen LogP contribution in [-0.2, 0) is 24.4 Å². The molecule has 4 rings (SSSR count). The number of rotatable bonds is 9. The normalized spacial score (nSPS) is 18.3. The van der Waals surface area contributed by atoms with Gasteiger partial charge in [0.25, 0.3) is 0 Å². The van der Waals surface area contributed by atoms with Crippen molar-refractivity contribution in [1.82, 2.24) is 0 Å². The topological polar surface area (TPSA) is 90.0 Å². The number of β-lactam (4-membered cyclic amide) rings is 1. The first-order chi connectivity index (χ1) is 17.1. The molecular weight excluding hydrogens is 485 g/mol. The summed E-state index contributed by atoms with van der Waals surface area (Å²) in [5.74, 6) is -1.14. The molecule has 1 heterocycles. The van der Waals surface area contributed by atoms with Crippen molar-refractivity contribution in [1.29, 1.82) is 0 Å². The first kappa shape index (κ1) is 25.4. The molecule has 36 heavy (non-hydrogen) atoms. The molecule has 3 aromatic carbocycles. The van der Waals surface area contributed by atoms with E-state index < -0.39 is 22.2 Å². The molecule has 9 heteroatoms. The van der Waals surface area contributed by atoms with Crippen LogP contribution in [0.3, 0.4) is 0 Å². The van der Waals surface area contributed by atoms with E-state index in [1.807, 2.05) is 30.3 Å². The van der Waals surface area contributed by atoms with Gasteiger partial charge in [-0.3, -0.25) is 9.59 Å². The molecule has 0 spiro atoms. The summed E-state index contributed by atoms with van der Waals surface area (Å²) in [4.78, 5) is 26.7. The number of hydrogen-bond donors (Lipinski definition) is 0. The van der Waals surface area contributed by atoms with E-state index in [4.69, 9.17) is 8.92 Å². The van der Waals surface area contributed by atoms with Crippen molar-refractivity contribution in [3.05, 3.63) is 95.8 Å². The third kappa shape index (κ3) is 5.91. The SMILES string of the molecule is CC(=O)O[C@@H](CC[C@H]1C(=O)N(c2ccc(OS(C)(=O)=O)cc2)[C@@H]1c1ccccc1)c1ccc(F)cc1. The molecule has 3 atom stereocenters. The number of benzene rings is 3. The van der Waals surface area contributed by atoms with Crippen molar-refractivity contribution in [3.8, 4) is 5.75 Å². The Morgan fingerprint density at radius 2 is 1.64 bits per heavy atom. The maximum absolute atomic E-state index is 13.4. The van der Waals surface area contributed by atoms with Gasteiger partial charge in [0, 0.05) is 12.6 Å². The van der Waals surface area contributed by atoms with Crippen molar-refractivity contribution in [2.24, 2.45) is 5.92 Å². The highest BCUT2D eigenvalue weighted by atomic mass is 32.2. The Labute approximate surface area is 209 Å². The van der Waals surface area contributed by atoms with Gasteiger partial charge in [-0.1, -0.05) is 42.5 Å². The van der Waals surface area contributed by atoms with Gasteiger partial charge in [-0.25, -0.2) is 4.39 Å². The molecule has 0 aliphatic carbocycles. The molecular formula is C27H26FNO6S. The van der Waals surface area contributed by atoms with Crippen LogP contribution >= 0.6 is 0 Å². The van der Waals surface area contributed by atoms with E-state index in [1.54, 1.807) is 29.2 Å². The number of anilines is 1. The summed E-state index contributed by atoms with van der Waals surface area (Å²) in [7, 11) is -3.66. The number of amides is 1. The summed E-state index contributed by atoms with van der Waals surface area (Å²) in [6.07, 6.45) is 1.19. The van der Waals surface area contributed by atoms with Crippen LogP contribution in [0.15, 0.2) is 78.9 Å². The number of hydrogen-bond acceptors (Lipinski definition) is 6. The van der Waals surface area contributed by atoms with Crippen LogP contribution in [-0.4, -0.2) is 26.6 Å². The maximum Gasteiger partial charge on any atom is 0.306 e. The molecule has 1 aliphatic rings. The first-order valence-corrected chi connectivity index (χ1v) is 13.2. The Morgan fingerprint density at radius 3 is 2.22 bits per heavy atom. The molecule has 3 aromatic rings. The summed E-state index contributed by atoms with van der Waals surface area (Å²) in [5.41, 5.74) is 2.22. The highest BCUT2D eigenvalue weighted by Gasteiger charge is 2.48. The fourth-order valence-corrected chi connectivity index (χ4v) is 4.95. The zero-order valence-corrected chi connectivity index (χ0v) is 20.7. The van der Waals surface area contributed by atoms with Crippen LogP contribution < -0.4 is 9.08 Å². The van der Waals surface area contributed by atoms with Crippen LogP contribution in [0.5, 0.6) is 5.75 Å². The lowest BCUT2D eigenvalue weighted by Gasteiger charge is -2.48. The lowest BCUT2D eigenvalue weighted by molar-refractivity contribution is -0.147. The van der Waals surface area contributed by atoms with Crippen LogP contribution in [0.2, 0.25) is 0 Å². The van der Waals surface area contributed by atoms with Crippen molar-refractivity contribution < 1.29 is 31.3 Å². The van der Waals surface area contributed by atoms with E-state index in [2.05, 4.69) is 0 Å². The molecule has 0 bridgehead atoms. The molecule has 0 radical (unpaired) electrons. The summed E-state index contributed by atoms with van der Waals surface area (Å²) in [5, 5.41) is 0. The maximum atomic E-state index is 13.4. The number of carbonyl (C=O) groups excluding carboxylic acids is 2. The summed E-state index contributed by atoms with van der Waals surface area (Å²) in [6.45, 7) is 1.32. The second kappa shape index (κ2) is 10.5. The highest BCUT2D eigenvalue weighted by Crippen LogP contribution is 2.46. The van der Waals surface area contributed by atoms with Crippen molar-refractivity contribution in [2.75, 3.05) is 11.2 Å². The van der Waals surface area contributed by atoms with Gasteiger partial charge < -0.3 is 13.8 Å². The van der Waals surface area contributed by atoms with E-state index in [0.717, 1.165) is 11.8 Å². The monoisotopic (exact) mass is 511 g/mol. The summed E-state index contributed by atoms with van der Waals surface area (Å²) >= 11 is 0. The van der Waals surface area contributed by atoms with E-state index >= 15 is 0 Å². The van der Waals surface area contributed by atoms with E-state index in [1.165, 1.54) is 31.2 Å². The van der Waals surface area contributed by atoms with E-state index in [0.29, 0.717) is 24.1 Å². The van der Waals surface area contributed by atoms with Crippen LogP contribution in [0.25, 0.3) is 0 Å². The number of ether oxygens (including phenoxy) is 1. The zero-order valence-electron chi connectivity index (χ0n) is 19.8. The predicted octanol–water partition coefficient (Wildman–Crippen LogP) is 4.95. The molecule has 1 saturated heterocycles. The third-order valence-electron chi connectivity index (χ3n) is 6.01. The number of esters is 1. The Kier molecular flexibility index (Phi) is 7.40. The van der Waals surface area contributed by atoms with Crippen LogP contribution in [0.1, 0.15) is 43.0 Å². The minimum atomic E-state index is -3.66. The average Bonchev–Trinajstić information content (AvgIpc) is 2.82. The molecule has 1 aliphatic heterocycles. The van der Waals surface area contributed by atoms with E-state index in [9.17, 15) is 22.4 Å². The molecule has 188 valence electrons. The molecule has 1 amide bonds. The second-order valence-corrected chi connectivity index (χ2v) is 10.3. The first-order valence-electron chi connectivity index (χ1n) is 11.4.